The van der Waals surface area contributed by atoms with E-state index in [1.807, 2.05) is 0 Å². The van der Waals surface area contributed by atoms with Gasteiger partial charge in [0.1, 0.15) is 28.4 Å². The van der Waals surface area contributed by atoms with Crippen LogP contribution in [0.15, 0.2) is 29.8 Å². The second kappa shape index (κ2) is 7.58. The summed E-state index contributed by atoms with van der Waals surface area (Å²) in [4.78, 5) is 27.5. The highest BCUT2D eigenvalue weighted by Crippen LogP contribution is 2.36. The molecule has 0 atom stereocenters. The molecule has 0 spiro atoms. The van der Waals surface area contributed by atoms with Crippen LogP contribution in [0, 0.1) is 0 Å². The number of halogens is 1. The van der Waals surface area contributed by atoms with Crippen molar-refractivity contribution in [1.82, 2.24) is 19.9 Å². The summed E-state index contributed by atoms with van der Waals surface area (Å²) in [7, 11) is 3.01. The number of rotatable bonds is 6. The molecule has 3 rings (SSSR count). The Hall–Kier alpha value is -2.52. The van der Waals surface area contributed by atoms with Crippen molar-refractivity contribution in [3.63, 3.8) is 0 Å². The number of hydrogen-bond acceptors (Lipinski definition) is 7. The van der Waals surface area contributed by atoms with Crippen molar-refractivity contribution in [3.05, 3.63) is 29.8 Å². The third-order valence-electron chi connectivity index (χ3n) is 3.28. The van der Waals surface area contributed by atoms with E-state index in [1.165, 1.54) is 38.6 Å². The Balaban J connectivity index is 1.71. The topological polar surface area (TPSA) is 102 Å². The van der Waals surface area contributed by atoms with Crippen LogP contribution in [0.4, 0.5) is 5.69 Å². The van der Waals surface area contributed by atoms with Crippen LogP contribution in [-0.4, -0.2) is 45.8 Å². The SMILES string of the molecule is COc1cc(OC)c(NC(=O)CSc2ncnc3nc[nH]c23)cc1Cl. The van der Waals surface area contributed by atoms with Gasteiger partial charge < -0.3 is 19.8 Å². The van der Waals surface area contributed by atoms with Gasteiger partial charge in [-0.25, -0.2) is 15.0 Å². The monoisotopic (exact) mass is 379 g/mol. The molecule has 10 heteroatoms. The fraction of sp³-hybridized carbons (Fsp3) is 0.200. The number of benzene rings is 1. The van der Waals surface area contributed by atoms with Gasteiger partial charge in [-0.3, -0.25) is 4.79 Å². The molecule has 8 nitrogen and oxygen atoms in total. The molecule has 0 bridgehead atoms. The van der Waals surface area contributed by atoms with Crippen molar-refractivity contribution in [2.24, 2.45) is 0 Å². The van der Waals surface area contributed by atoms with E-state index < -0.39 is 0 Å². The molecule has 0 radical (unpaired) electrons. The molecule has 1 aromatic carbocycles. The molecule has 130 valence electrons. The predicted molar refractivity (Wildman–Crippen MR) is 95.6 cm³/mol. The molecule has 2 aromatic heterocycles. The average Bonchev–Trinajstić information content (AvgIpc) is 3.09. The minimum absolute atomic E-state index is 0.151. The summed E-state index contributed by atoms with van der Waals surface area (Å²) in [5, 5.41) is 3.80. The average molecular weight is 380 g/mol. The van der Waals surface area contributed by atoms with E-state index in [0.717, 1.165) is 0 Å². The lowest BCUT2D eigenvalue weighted by Crippen LogP contribution is -2.15. The quantitative estimate of drug-likeness (QED) is 0.501. The summed E-state index contributed by atoms with van der Waals surface area (Å²) < 4.78 is 10.4. The van der Waals surface area contributed by atoms with Gasteiger partial charge in [-0.1, -0.05) is 23.4 Å². The van der Waals surface area contributed by atoms with Crippen molar-refractivity contribution in [3.8, 4) is 11.5 Å². The highest BCUT2D eigenvalue weighted by molar-refractivity contribution is 8.00. The number of imidazole rings is 1. The van der Waals surface area contributed by atoms with Gasteiger partial charge in [-0.15, -0.1) is 0 Å². The summed E-state index contributed by atoms with van der Waals surface area (Å²) >= 11 is 7.38. The molecular weight excluding hydrogens is 366 g/mol. The molecule has 2 N–H and O–H groups in total. The largest absolute Gasteiger partial charge is 0.495 e. The Morgan fingerprint density at radius 1 is 1.24 bits per heavy atom. The molecule has 1 amide bonds. The highest BCUT2D eigenvalue weighted by Gasteiger charge is 2.14. The van der Waals surface area contributed by atoms with E-state index in [0.29, 0.717) is 38.4 Å². The number of nitrogens with one attached hydrogen (secondary N) is 2. The van der Waals surface area contributed by atoms with Crippen LogP contribution in [0.1, 0.15) is 0 Å². The first-order valence-electron chi connectivity index (χ1n) is 7.10. The van der Waals surface area contributed by atoms with Gasteiger partial charge in [0.05, 0.1) is 37.0 Å². The fourth-order valence-corrected chi connectivity index (χ4v) is 3.13. The second-order valence-corrected chi connectivity index (χ2v) is 6.18. The first kappa shape index (κ1) is 17.3. The van der Waals surface area contributed by atoms with Gasteiger partial charge in [0.2, 0.25) is 5.91 Å². The minimum atomic E-state index is -0.226. The fourth-order valence-electron chi connectivity index (χ4n) is 2.13. The van der Waals surface area contributed by atoms with Gasteiger partial charge in [0, 0.05) is 6.07 Å². The molecular formula is C15H14ClN5O3S. The molecule has 0 saturated heterocycles. The lowest BCUT2D eigenvalue weighted by molar-refractivity contribution is -0.113. The van der Waals surface area contributed by atoms with Crippen molar-refractivity contribution in [1.29, 1.82) is 0 Å². The number of hydrogen-bond donors (Lipinski definition) is 2. The maximum Gasteiger partial charge on any atom is 0.234 e. The summed E-state index contributed by atoms with van der Waals surface area (Å²) in [5.41, 5.74) is 1.72. The van der Waals surface area contributed by atoms with E-state index >= 15 is 0 Å². The van der Waals surface area contributed by atoms with Crippen molar-refractivity contribution in [2.45, 2.75) is 5.03 Å². The number of anilines is 1. The van der Waals surface area contributed by atoms with Crippen molar-refractivity contribution in [2.75, 3.05) is 25.3 Å². The number of aromatic amines is 1. The van der Waals surface area contributed by atoms with E-state index in [9.17, 15) is 4.79 Å². The van der Waals surface area contributed by atoms with Crippen molar-refractivity contribution >= 4 is 46.1 Å². The van der Waals surface area contributed by atoms with Crippen LogP contribution in [0.2, 0.25) is 5.02 Å². The Labute approximate surface area is 152 Å². The maximum absolute atomic E-state index is 12.3. The number of nitrogens with zero attached hydrogens (tertiary/aromatic N) is 3. The van der Waals surface area contributed by atoms with Gasteiger partial charge >= 0.3 is 0 Å². The standard InChI is InChI=1S/C15H14ClN5O3S/c1-23-10-4-11(24-2)9(3-8(10)16)21-12(22)5-25-15-13-14(18-6-17-13)19-7-20-15/h3-4,6-7H,5H2,1-2H3,(H,21,22)(H,17,18,19,20). The number of aromatic nitrogens is 4. The first-order chi connectivity index (χ1) is 12.1. The Morgan fingerprint density at radius 3 is 2.80 bits per heavy atom. The van der Waals surface area contributed by atoms with Crippen LogP contribution >= 0.6 is 23.4 Å². The molecule has 0 aliphatic rings. The van der Waals surface area contributed by atoms with Gasteiger partial charge in [-0.2, -0.15) is 0 Å². The first-order valence-corrected chi connectivity index (χ1v) is 8.47. The summed E-state index contributed by atoms with van der Waals surface area (Å²) in [5.74, 6) is 0.847. The number of fused-ring (bicyclic) bond motifs is 1. The number of ether oxygens (including phenoxy) is 2. The van der Waals surface area contributed by atoms with E-state index in [4.69, 9.17) is 21.1 Å². The molecule has 0 saturated carbocycles. The molecule has 2 heterocycles. The van der Waals surface area contributed by atoms with Crippen molar-refractivity contribution < 1.29 is 14.3 Å². The molecule has 25 heavy (non-hydrogen) atoms. The maximum atomic E-state index is 12.3. The normalized spacial score (nSPS) is 10.7. The lowest BCUT2D eigenvalue weighted by Gasteiger charge is -2.13. The summed E-state index contributed by atoms with van der Waals surface area (Å²) in [6.07, 6.45) is 2.95. The summed E-state index contributed by atoms with van der Waals surface area (Å²) in [6.45, 7) is 0. The van der Waals surface area contributed by atoms with Gasteiger partial charge in [0.25, 0.3) is 0 Å². The Kier molecular flexibility index (Phi) is 5.25. The zero-order valence-electron chi connectivity index (χ0n) is 13.4. The zero-order valence-corrected chi connectivity index (χ0v) is 14.9. The highest BCUT2D eigenvalue weighted by atomic mass is 35.5. The van der Waals surface area contributed by atoms with Gasteiger partial charge in [-0.05, 0) is 6.07 Å². The summed E-state index contributed by atoms with van der Waals surface area (Å²) in [6, 6.07) is 3.20. The lowest BCUT2D eigenvalue weighted by atomic mass is 10.2. The predicted octanol–water partition coefficient (Wildman–Crippen LogP) is 2.75. The number of methoxy groups -OCH3 is 2. The number of carbonyl (C=O) groups excluding carboxylic acids is 1. The van der Waals surface area contributed by atoms with Crippen LogP contribution in [0.3, 0.4) is 0 Å². The number of H-pyrrole nitrogens is 1. The third kappa shape index (κ3) is 3.77. The molecule has 3 aromatic rings. The number of thioether (sulfide) groups is 1. The van der Waals surface area contributed by atoms with E-state index in [2.05, 4.69) is 25.3 Å². The molecule has 0 aliphatic heterocycles. The number of amides is 1. The zero-order chi connectivity index (χ0) is 17.8. The smallest absolute Gasteiger partial charge is 0.234 e. The van der Waals surface area contributed by atoms with E-state index in [1.54, 1.807) is 12.1 Å². The van der Waals surface area contributed by atoms with Crippen LogP contribution in [-0.2, 0) is 4.79 Å². The van der Waals surface area contributed by atoms with E-state index in [-0.39, 0.29) is 11.7 Å². The number of carbonyl (C=O) groups is 1. The minimum Gasteiger partial charge on any atom is -0.495 e. The molecule has 0 aliphatic carbocycles. The second-order valence-electron chi connectivity index (χ2n) is 4.80. The molecule has 0 unspecified atom stereocenters. The molecule has 0 fully saturated rings. The third-order valence-corrected chi connectivity index (χ3v) is 4.56. The van der Waals surface area contributed by atoms with Crippen LogP contribution in [0.5, 0.6) is 11.5 Å². The van der Waals surface area contributed by atoms with Crippen LogP contribution in [0.25, 0.3) is 11.2 Å². The Bertz CT molecular complexity index is 917. The Morgan fingerprint density at radius 2 is 2.04 bits per heavy atom. The van der Waals surface area contributed by atoms with Gasteiger partial charge in [0.15, 0.2) is 5.65 Å². The van der Waals surface area contributed by atoms with Crippen LogP contribution < -0.4 is 14.8 Å².